The van der Waals surface area contributed by atoms with E-state index in [1.807, 2.05) is 20.8 Å². The van der Waals surface area contributed by atoms with E-state index in [1.165, 1.54) is 4.68 Å². The first-order valence-corrected chi connectivity index (χ1v) is 7.89. The molecule has 0 bridgehead atoms. The molecule has 1 aromatic rings. The number of hydrogen-bond acceptors (Lipinski definition) is 4. The second kappa shape index (κ2) is 5.50. The summed E-state index contributed by atoms with van der Waals surface area (Å²) >= 11 is 0. The Morgan fingerprint density at radius 3 is 2.64 bits per heavy atom. The molecule has 1 N–H and O–H groups in total. The molecule has 1 saturated heterocycles. The molecule has 1 amide bonds. The van der Waals surface area contributed by atoms with Crippen molar-refractivity contribution in [3.63, 3.8) is 0 Å². The van der Waals surface area contributed by atoms with Crippen LogP contribution in [0.3, 0.4) is 0 Å². The van der Waals surface area contributed by atoms with Gasteiger partial charge in [-0.2, -0.15) is 5.10 Å². The van der Waals surface area contributed by atoms with Crippen LogP contribution in [0, 0.1) is 5.41 Å². The molecule has 1 aliphatic heterocycles. The van der Waals surface area contributed by atoms with Crippen LogP contribution in [0.4, 0.5) is 5.69 Å². The quantitative estimate of drug-likeness (QED) is 0.927. The highest BCUT2D eigenvalue weighted by atomic mass is 16.5. The summed E-state index contributed by atoms with van der Waals surface area (Å²) in [4.78, 5) is 24.9. The molecule has 0 spiro atoms. The first kappa shape index (κ1) is 15.2. The third-order valence-electron chi connectivity index (χ3n) is 4.13. The lowest BCUT2D eigenvalue weighted by molar-refractivity contribution is -0.123. The molecule has 0 radical (unpaired) electrons. The molecule has 6 heteroatoms. The summed E-state index contributed by atoms with van der Waals surface area (Å²) in [5, 5.41) is 7.30. The Morgan fingerprint density at radius 2 is 2.09 bits per heavy atom. The minimum atomic E-state index is -0.545. The SMILES string of the molecule is CC(C)(C)C(=O)Nc1cc(C2CC2)nn([C@H]2CCOC2)c1=O. The zero-order valence-corrected chi connectivity index (χ0v) is 13.4. The number of hydrogen-bond donors (Lipinski definition) is 1. The van der Waals surface area contributed by atoms with Crippen LogP contribution in [0.1, 0.15) is 57.7 Å². The van der Waals surface area contributed by atoms with E-state index in [-0.39, 0.29) is 17.5 Å². The van der Waals surface area contributed by atoms with E-state index < -0.39 is 5.41 Å². The lowest BCUT2D eigenvalue weighted by Gasteiger charge is -2.19. The van der Waals surface area contributed by atoms with Crippen molar-refractivity contribution in [3.05, 3.63) is 22.1 Å². The molecule has 120 valence electrons. The molecule has 2 heterocycles. The van der Waals surface area contributed by atoms with Crippen molar-refractivity contribution in [1.82, 2.24) is 9.78 Å². The van der Waals surface area contributed by atoms with E-state index >= 15 is 0 Å². The highest BCUT2D eigenvalue weighted by molar-refractivity contribution is 5.94. The van der Waals surface area contributed by atoms with Gasteiger partial charge in [-0.05, 0) is 25.3 Å². The first-order chi connectivity index (χ1) is 10.4. The number of rotatable bonds is 3. The predicted octanol–water partition coefficient (Wildman–Crippen LogP) is 2.07. The molecule has 1 aromatic heterocycles. The average molecular weight is 305 g/mol. The molecule has 1 saturated carbocycles. The number of nitrogens with one attached hydrogen (secondary N) is 1. The smallest absolute Gasteiger partial charge is 0.290 e. The Balaban J connectivity index is 1.97. The molecule has 3 rings (SSSR count). The van der Waals surface area contributed by atoms with Gasteiger partial charge in [0, 0.05) is 17.9 Å². The van der Waals surface area contributed by atoms with Crippen LogP contribution >= 0.6 is 0 Å². The summed E-state index contributed by atoms with van der Waals surface area (Å²) in [6, 6.07) is 1.71. The summed E-state index contributed by atoms with van der Waals surface area (Å²) in [7, 11) is 0. The minimum absolute atomic E-state index is 0.0310. The van der Waals surface area contributed by atoms with E-state index in [0.29, 0.717) is 24.8 Å². The average Bonchev–Trinajstić information content (AvgIpc) is 3.15. The molecule has 6 nitrogen and oxygen atoms in total. The maximum Gasteiger partial charge on any atom is 0.290 e. The van der Waals surface area contributed by atoms with Gasteiger partial charge in [0.2, 0.25) is 5.91 Å². The second-order valence-electron chi connectivity index (χ2n) is 7.23. The number of carbonyl (C=O) groups excluding carboxylic acids is 1. The van der Waals surface area contributed by atoms with Gasteiger partial charge in [-0.15, -0.1) is 0 Å². The van der Waals surface area contributed by atoms with Crippen LogP contribution in [0.2, 0.25) is 0 Å². The van der Waals surface area contributed by atoms with E-state index in [4.69, 9.17) is 4.74 Å². The van der Waals surface area contributed by atoms with Crippen molar-refractivity contribution in [2.24, 2.45) is 5.41 Å². The summed E-state index contributed by atoms with van der Waals surface area (Å²) in [5.41, 5.74) is 0.452. The van der Waals surface area contributed by atoms with Gasteiger partial charge in [0.15, 0.2) is 0 Å². The van der Waals surface area contributed by atoms with Gasteiger partial charge in [-0.25, -0.2) is 4.68 Å². The van der Waals surface area contributed by atoms with Crippen LogP contribution in [0.5, 0.6) is 0 Å². The Hall–Kier alpha value is -1.69. The lowest BCUT2D eigenvalue weighted by atomic mass is 9.95. The third-order valence-corrected chi connectivity index (χ3v) is 4.13. The lowest BCUT2D eigenvalue weighted by Crippen LogP contribution is -2.35. The van der Waals surface area contributed by atoms with E-state index in [1.54, 1.807) is 6.07 Å². The largest absolute Gasteiger partial charge is 0.379 e. The molecule has 2 aliphatic rings. The molecule has 0 unspecified atom stereocenters. The molecule has 0 aromatic carbocycles. The fourth-order valence-corrected chi connectivity index (χ4v) is 2.47. The number of anilines is 1. The van der Waals surface area contributed by atoms with Crippen molar-refractivity contribution < 1.29 is 9.53 Å². The Morgan fingerprint density at radius 1 is 1.36 bits per heavy atom. The van der Waals surface area contributed by atoms with Gasteiger partial charge in [-0.3, -0.25) is 9.59 Å². The van der Waals surface area contributed by atoms with Crippen LogP contribution in [-0.2, 0) is 9.53 Å². The predicted molar refractivity (Wildman–Crippen MR) is 83.0 cm³/mol. The normalized spacial score (nSPS) is 21.9. The van der Waals surface area contributed by atoms with Gasteiger partial charge >= 0.3 is 0 Å². The summed E-state index contributed by atoms with van der Waals surface area (Å²) in [6.07, 6.45) is 2.98. The van der Waals surface area contributed by atoms with Gasteiger partial charge < -0.3 is 10.1 Å². The third kappa shape index (κ3) is 3.06. The number of carbonyl (C=O) groups is 1. The fourth-order valence-electron chi connectivity index (χ4n) is 2.47. The Kier molecular flexibility index (Phi) is 3.80. The van der Waals surface area contributed by atoms with E-state index in [0.717, 1.165) is 25.0 Å². The number of ether oxygens (including phenoxy) is 1. The number of aromatic nitrogens is 2. The first-order valence-electron chi connectivity index (χ1n) is 7.89. The monoisotopic (exact) mass is 305 g/mol. The van der Waals surface area contributed by atoms with Crippen LogP contribution in [-0.4, -0.2) is 28.9 Å². The molecular formula is C16H23N3O3. The Labute approximate surface area is 129 Å². The molecule has 1 aliphatic carbocycles. The van der Waals surface area contributed by atoms with Crippen molar-refractivity contribution in [1.29, 1.82) is 0 Å². The van der Waals surface area contributed by atoms with Crippen LogP contribution in [0.25, 0.3) is 0 Å². The number of nitrogens with zero attached hydrogens (tertiary/aromatic N) is 2. The summed E-state index contributed by atoms with van der Waals surface area (Å²) in [5.74, 6) is 0.256. The van der Waals surface area contributed by atoms with Gasteiger partial charge in [0.25, 0.3) is 5.56 Å². The zero-order valence-electron chi connectivity index (χ0n) is 13.4. The fraction of sp³-hybridized carbons (Fsp3) is 0.688. The highest BCUT2D eigenvalue weighted by Crippen LogP contribution is 2.39. The van der Waals surface area contributed by atoms with E-state index in [2.05, 4.69) is 10.4 Å². The topological polar surface area (TPSA) is 73.2 Å². The van der Waals surface area contributed by atoms with E-state index in [9.17, 15) is 9.59 Å². The highest BCUT2D eigenvalue weighted by Gasteiger charge is 2.30. The van der Waals surface area contributed by atoms with Crippen molar-refractivity contribution in [3.8, 4) is 0 Å². The van der Waals surface area contributed by atoms with Gasteiger partial charge in [0.05, 0.1) is 18.3 Å². The number of amides is 1. The molecule has 2 fully saturated rings. The van der Waals surface area contributed by atoms with Crippen molar-refractivity contribution in [2.45, 2.75) is 52.0 Å². The van der Waals surface area contributed by atoms with Crippen LogP contribution in [0.15, 0.2) is 10.9 Å². The zero-order chi connectivity index (χ0) is 15.9. The van der Waals surface area contributed by atoms with Gasteiger partial charge in [-0.1, -0.05) is 20.8 Å². The maximum absolute atomic E-state index is 12.6. The summed E-state index contributed by atoms with van der Waals surface area (Å²) in [6.45, 7) is 6.64. The minimum Gasteiger partial charge on any atom is -0.379 e. The van der Waals surface area contributed by atoms with Gasteiger partial charge in [0.1, 0.15) is 5.69 Å². The molecule has 22 heavy (non-hydrogen) atoms. The molecular weight excluding hydrogens is 282 g/mol. The second-order valence-corrected chi connectivity index (χ2v) is 7.23. The van der Waals surface area contributed by atoms with Crippen LogP contribution < -0.4 is 10.9 Å². The molecule has 1 atom stereocenters. The summed E-state index contributed by atoms with van der Waals surface area (Å²) < 4.78 is 6.88. The van der Waals surface area contributed by atoms with Crippen molar-refractivity contribution in [2.75, 3.05) is 18.5 Å². The maximum atomic E-state index is 12.6. The Bertz CT molecular complexity index is 635. The van der Waals surface area contributed by atoms with Crippen molar-refractivity contribution >= 4 is 11.6 Å². The standard InChI is InChI=1S/C16H23N3O3/c1-16(2,3)15(21)17-13-8-12(10-4-5-10)18-19(14(13)20)11-6-7-22-9-11/h8,10-11H,4-7,9H2,1-3H3,(H,17,21)/t11-/m0/s1.